The van der Waals surface area contributed by atoms with Crippen LogP contribution in [0.4, 0.5) is 0 Å². The van der Waals surface area contributed by atoms with Gasteiger partial charge in [-0.05, 0) is 24.6 Å². The van der Waals surface area contributed by atoms with Gasteiger partial charge in [-0.25, -0.2) is 4.98 Å². The van der Waals surface area contributed by atoms with Gasteiger partial charge in [-0.1, -0.05) is 17.7 Å². The molecular formula is C12H12ClNO2S. The highest BCUT2D eigenvalue weighted by Crippen LogP contribution is 2.26. The third-order valence-corrected chi connectivity index (χ3v) is 3.40. The Morgan fingerprint density at radius 1 is 1.47 bits per heavy atom. The van der Waals surface area contributed by atoms with Crippen molar-refractivity contribution in [3.63, 3.8) is 0 Å². The van der Waals surface area contributed by atoms with Crippen LogP contribution in [0.3, 0.4) is 0 Å². The molecule has 0 spiro atoms. The van der Waals surface area contributed by atoms with E-state index < -0.39 is 0 Å². The van der Waals surface area contributed by atoms with Crippen molar-refractivity contribution in [2.45, 2.75) is 20.1 Å². The summed E-state index contributed by atoms with van der Waals surface area (Å²) < 4.78 is 5.59. The maximum atomic E-state index is 8.96. The molecule has 0 atom stereocenters. The van der Waals surface area contributed by atoms with Gasteiger partial charge in [0, 0.05) is 6.20 Å². The van der Waals surface area contributed by atoms with E-state index in [0.717, 1.165) is 15.4 Å². The Morgan fingerprint density at radius 2 is 2.29 bits per heavy atom. The van der Waals surface area contributed by atoms with Crippen LogP contribution in [0, 0.1) is 6.92 Å². The minimum absolute atomic E-state index is 0.0198. The quantitative estimate of drug-likeness (QED) is 0.927. The highest BCUT2D eigenvalue weighted by molar-refractivity contribution is 7.11. The van der Waals surface area contributed by atoms with E-state index >= 15 is 0 Å². The second-order valence-electron chi connectivity index (χ2n) is 3.56. The fourth-order valence-corrected chi connectivity index (χ4v) is 2.35. The topological polar surface area (TPSA) is 42.4 Å². The van der Waals surface area contributed by atoms with Crippen LogP contribution >= 0.6 is 22.9 Å². The summed E-state index contributed by atoms with van der Waals surface area (Å²) in [4.78, 5) is 5.21. The zero-order valence-electron chi connectivity index (χ0n) is 9.31. The molecule has 0 amide bonds. The number of benzene rings is 1. The lowest BCUT2D eigenvalue weighted by molar-refractivity contribution is 0.281. The largest absolute Gasteiger partial charge is 0.486 e. The van der Waals surface area contributed by atoms with Gasteiger partial charge in [0.15, 0.2) is 0 Å². The minimum atomic E-state index is -0.0198. The van der Waals surface area contributed by atoms with Crippen LogP contribution in [-0.4, -0.2) is 10.1 Å². The van der Waals surface area contributed by atoms with E-state index in [9.17, 15) is 0 Å². The zero-order chi connectivity index (χ0) is 12.3. The van der Waals surface area contributed by atoms with Crippen molar-refractivity contribution in [3.8, 4) is 5.75 Å². The third-order valence-electron chi connectivity index (χ3n) is 2.22. The van der Waals surface area contributed by atoms with Gasteiger partial charge in [0.2, 0.25) is 0 Å². The molecule has 0 aliphatic rings. The molecule has 1 aromatic carbocycles. The zero-order valence-corrected chi connectivity index (χ0v) is 10.9. The number of aliphatic hydroxyl groups excluding tert-OH is 1. The molecule has 1 aromatic heterocycles. The SMILES string of the molecule is Cc1ncc(COc2ccc(CO)cc2Cl)s1. The van der Waals surface area contributed by atoms with E-state index in [0.29, 0.717) is 17.4 Å². The second-order valence-corrected chi connectivity index (χ2v) is 5.28. The number of nitrogens with zero attached hydrogens (tertiary/aromatic N) is 1. The van der Waals surface area contributed by atoms with Crippen LogP contribution in [0.1, 0.15) is 15.4 Å². The fourth-order valence-electron chi connectivity index (χ4n) is 1.38. The van der Waals surface area contributed by atoms with Gasteiger partial charge in [0.1, 0.15) is 12.4 Å². The lowest BCUT2D eigenvalue weighted by Crippen LogP contribution is -1.94. The maximum absolute atomic E-state index is 8.96. The molecule has 0 aliphatic heterocycles. The first-order valence-electron chi connectivity index (χ1n) is 5.12. The number of hydrogen-bond acceptors (Lipinski definition) is 4. The van der Waals surface area contributed by atoms with E-state index in [1.165, 1.54) is 0 Å². The van der Waals surface area contributed by atoms with E-state index in [2.05, 4.69) is 4.98 Å². The van der Waals surface area contributed by atoms with Crippen molar-refractivity contribution in [3.05, 3.63) is 44.9 Å². The summed E-state index contributed by atoms with van der Waals surface area (Å²) in [5.41, 5.74) is 0.774. The van der Waals surface area contributed by atoms with Crippen molar-refractivity contribution in [1.29, 1.82) is 0 Å². The number of rotatable bonds is 4. The highest BCUT2D eigenvalue weighted by atomic mass is 35.5. The van der Waals surface area contributed by atoms with Crippen LogP contribution in [0.2, 0.25) is 5.02 Å². The Kier molecular flexibility index (Phi) is 3.99. The number of aliphatic hydroxyl groups is 1. The average Bonchev–Trinajstić information content (AvgIpc) is 2.73. The highest BCUT2D eigenvalue weighted by Gasteiger charge is 2.04. The predicted molar refractivity (Wildman–Crippen MR) is 68.6 cm³/mol. The Labute approximate surface area is 109 Å². The van der Waals surface area contributed by atoms with Crippen LogP contribution < -0.4 is 4.74 Å². The number of aryl methyl sites for hydroxylation is 1. The summed E-state index contributed by atoms with van der Waals surface area (Å²) in [5.74, 6) is 0.620. The maximum Gasteiger partial charge on any atom is 0.138 e. The molecule has 0 saturated carbocycles. The number of hydrogen-bond donors (Lipinski definition) is 1. The third kappa shape index (κ3) is 3.19. The molecule has 0 saturated heterocycles. The number of halogens is 1. The summed E-state index contributed by atoms with van der Waals surface area (Å²) in [6, 6.07) is 5.26. The number of aromatic nitrogens is 1. The number of ether oxygens (including phenoxy) is 1. The van der Waals surface area contributed by atoms with Gasteiger partial charge in [-0.15, -0.1) is 11.3 Å². The standard InChI is InChI=1S/C12H12ClNO2S/c1-8-14-5-10(17-8)7-16-12-3-2-9(6-15)4-11(12)13/h2-5,15H,6-7H2,1H3. The summed E-state index contributed by atoms with van der Waals surface area (Å²) in [5, 5.41) is 10.5. The molecule has 0 aliphatic carbocycles. The normalized spacial score (nSPS) is 10.5. The molecule has 90 valence electrons. The van der Waals surface area contributed by atoms with Gasteiger partial charge in [0.25, 0.3) is 0 Å². The molecule has 0 radical (unpaired) electrons. The van der Waals surface area contributed by atoms with Crippen molar-refractivity contribution in [1.82, 2.24) is 4.98 Å². The lowest BCUT2D eigenvalue weighted by Gasteiger charge is -2.07. The molecule has 5 heteroatoms. The first kappa shape index (κ1) is 12.4. The first-order valence-corrected chi connectivity index (χ1v) is 6.32. The van der Waals surface area contributed by atoms with E-state index in [4.69, 9.17) is 21.4 Å². The molecule has 2 aromatic rings. The molecular weight excluding hydrogens is 258 g/mol. The van der Waals surface area contributed by atoms with Gasteiger partial charge in [-0.3, -0.25) is 0 Å². The summed E-state index contributed by atoms with van der Waals surface area (Å²) in [7, 11) is 0. The van der Waals surface area contributed by atoms with Gasteiger partial charge in [0.05, 0.1) is 21.5 Å². The Bertz CT molecular complexity index is 513. The minimum Gasteiger partial charge on any atom is -0.486 e. The van der Waals surface area contributed by atoms with Crippen molar-refractivity contribution in [2.75, 3.05) is 0 Å². The van der Waals surface area contributed by atoms with E-state index in [-0.39, 0.29) is 6.61 Å². The Hall–Kier alpha value is -1.10. The molecule has 1 N–H and O–H groups in total. The lowest BCUT2D eigenvalue weighted by atomic mass is 10.2. The summed E-state index contributed by atoms with van der Waals surface area (Å²) >= 11 is 7.63. The fraction of sp³-hybridized carbons (Fsp3) is 0.250. The molecule has 2 rings (SSSR count). The van der Waals surface area contributed by atoms with Gasteiger partial charge in [-0.2, -0.15) is 0 Å². The van der Waals surface area contributed by atoms with Crippen LogP contribution in [0.25, 0.3) is 0 Å². The molecule has 0 unspecified atom stereocenters. The van der Waals surface area contributed by atoms with E-state index in [1.54, 1.807) is 35.7 Å². The predicted octanol–water partition coefficient (Wildman–Crippen LogP) is 3.18. The summed E-state index contributed by atoms with van der Waals surface area (Å²) in [6.07, 6.45) is 1.80. The first-order chi connectivity index (χ1) is 8.19. The average molecular weight is 270 g/mol. The monoisotopic (exact) mass is 269 g/mol. The Balaban J connectivity index is 2.04. The van der Waals surface area contributed by atoms with E-state index in [1.807, 2.05) is 6.92 Å². The van der Waals surface area contributed by atoms with Crippen LogP contribution in [0.5, 0.6) is 5.75 Å². The smallest absolute Gasteiger partial charge is 0.138 e. The molecule has 0 fully saturated rings. The van der Waals surface area contributed by atoms with Gasteiger partial charge >= 0.3 is 0 Å². The summed E-state index contributed by atoms with van der Waals surface area (Å²) in [6.45, 7) is 2.40. The van der Waals surface area contributed by atoms with Crippen LogP contribution in [-0.2, 0) is 13.2 Å². The molecule has 1 heterocycles. The molecule has 17 heavy (non-hydrogen) atoms. The van der Waals surface area contributed by atoms with Crippen molar-refractivity contribution in [2.24, 2.45) is 0 Å². The van der Waals surface area contributed by atoms with Crippen LogP contribution in [0.15, 0.2) is 24.4 Å². The molecule has 0 bridgehead atoms. The Morgan fingerprint density at radius 3 is 2.88 bits per heavy atom. The number of thiazole rings is 1. The van der Waals surface area contributed by atoms with Gasteiger partial charge < -0.3 is 9.84 Å². The van der Waals surface area contributed by atoms with Crippen molar-refractivity contribution >= 4 is 22.9 Å². The van der Waals surface area contributed by atoms with Crippen molar-refractivity contribution < 1.29 is 9.84 Å². The second kappa shape index (κ2) is 5.49. The molecule has 3 nitrogen and oxygen atoms in total.